The third kappa shape index (κ3) is 3.30. The van der Waals surface area contributed by atoms with Crippen LogP contribution >= 0.6 is 11.6 Å². The molecular formula is C20H15ClN4. The highest BCUT2D eigenvalue weighted by Crippen LogP contribution is 2.22. The van der Waals surface area contributed by atoms with E-state index in [1.807, 2.05) is 65.3 Å². The molecule has 0 aliphatic heterocycles. The molecule has 4 rings (SSSR count). The molecule has 0 saturated heterocycles. The number of imidazole rings is 1. The van der Waals surface area contributed by atoms with Crippen molar-refractivity contribution in [3.05, 3.63) is 89.1 Å². The normalized spacial score (nSPS) is 11.4. The highest BCUT2D eigenvalue weighted by Gasteiger charge is 2.13. The zero-order valence-electron chi connectivity index (χ0n) is 13.4. The van der Waals surface area contributed by atoms with E-state index in [-0.39, 0.29) is 0 Å². The van der Waals surface area contributed by atoms with Gasteiger partial charge >= 0.3 is 0 Å². The maximum atomic E-state index is 6.37. The van der Waals surface area contributed by atoms with Gasteiger partial charge in [0.25, 0.3) is 0 Å². The fourth-order valence-electron chi connectivity index (χ4n) is 2.69. The second-order valence-corrected chi connectivity index (χ2v) is 5.97. The summed E-state index contributed by atoms with van der Waals surface area (Å²) in [5.41, 5.74) is 4.43. The van der Waals surface area contributed by atoms with Crippen molar-refractivity contribution in [1.82, 2.24) is 19.5 Å². The van der Waals surface area contributed by atoms with E-state index in [4.69, 9.17) is 11.6 Å². The predicted octanol–water partition coefficient (Wildman–Crippen LogP) is 4.70. The lowest BCUT2D eigenvalue weighted by Gasteiger charge is -2.05. The van der Waals surface area contributed by atoms with Crippen LogP contribution in [0.2, 0.25) is 5.28 Å². The molecule has 2 aromatic carbocycles. The number of hydrogen-bond donors (Lipinski definition) is 0. The first-order chi connectivity index (χ1) is 12.3. The number of fused-ring (bicyclic) bond motifs is 1. The van der Waals surface area contributed by atoms with Gasteiger partial charge in [0.1, 0.15) is 11.8 Å². The van der Waals surface area contributed by atoms with Gasteiger partial charge in [-0.25, -0.2) is 15.0 Å². The Bertz CT molecular complexity index is 1020. The number of rotatable bonds is 4. The molecule has 0 atom stereocenters. The topological polar surface area (TPSA) is 43.6 Å². The molecular weight excluding hydrogens is 332 g/mol. The van der Waals surface area contributed by atoms with Crippen molar-refractivity contribution >= 4 is 34.9 Å². The summed E-state index contributed by atoms with van der Waals surface area (Å²) in [6.07, 6.45) is 5.49. The summed E-state index contributed by atoms with van der Waals surface area (Å²) in [4.78, 5) is 13.2. The van der Waals surface area contributed by atoms with Gasteiger partial charge in [0, 0.05) is 0 Å². The molecule has 0 aliphatic carbocycles. The molecule has 0 fully saturated rings. The average molecular weight is 347 g/mol. The van der Waals surface area contributed by atoms with Crippen LogP contribution in [-0.4, -0.2) is 19.5 Å². The summed E-state index contributed by atoms with van der Waals surface area (Å²) in [7, 11) is 0. The Hall–Kier alpha value is -2.98. The maximum absolute atomic E-state index is 6.37. The van der Waals surface area contributed by atoms with E-state index >= 15 is 0 Å². The Morgan fingerprint density at radius 3 is 2.36 bits per heavy atom. The third-order valence-corrected chi connectivity index (χ3v) is 4.22. The molecule has 2 aromatic heterocycles. The first-order valence-corrected chi connectivity index (χ1v) is 8.33. The van der Waals surface area contributed by atoms with Crippen molar-refractivity contribution in [1.29, 1.82) is 0 Å². The van der Waals surface area contributed by atoms with Gasteiger partial charge in [0.15, 0.2) is 5.65 Å². The van der Waals surface area contributed by atoms with Crippen LogP contribution in [0.25, 0.3) is 23.3 Å². The van der Waals surface area contributed by atoms with Crippen molar-refractivity contribution in [2.75, 3.05) is 0 Å². The van der Waals surface area contributed by atoms with Crippen LogP contribution in [0.1, 0.15) is 16.8 Å². The molecule has 0 radical (unpaired) electrons. The summed E-state index contributed by atoms with van der Waals surface area (Å²) >= 11 is 6.37. The number of aromatic nitrogens is 4. The lowest BCUT2D eigenvalue weighted by Crippen LogP contribution is -2.01. The first-order valence-electron chi connectivity index (χ1n) is 7.95. The molecule has 0 bridgehead atoms. The van der Waals surface area contributed by atoms with E-state index in [2.05, 4.69) is 27.1 Å². The molecule has 0 spiro atoms. The molecule has 4 nitrogen and oxygen atoms in total. The van der Waals surface area contributed by atoms with Crippen molar-refractivity contribution in [3.8, 4) is 0 Å². The van der Waals surface area contributed by atoms with Crippen molar-refractivity contribution < 1.29 is 0 Å². The second-order valence-electron chi connectivity index (χ2n) is 5.63. The van der Waals surface area contributed by atoms with Gasteiger partial charge < -0.3 is 0 Å². The van der Waals surface area contributed by atoms with E-state index < -0.39 is 0 Å². The van der Waals surface area contributed by atoms with Crippen LogP contribution in [-0.2, 0) is 6.54 Å². The molecule has 4 aromatic rings. The molecule has 0 aliphatic rings. The minimum absolute atomic E-state index is 0.411. The quantitative estimate of drug-likeness (QED) is 0.503. The first kappa shape index (κ1) is 15.5. The van der Waals surface area contributed by atoms with Gasteiger partial charge in [-0.2, -0.15) is 0 Å². The standard InChI is InChI=1S/C20H15ClN4/c21-20-24-18-17(12-11-15-7-3-1-4-8-15)22-14-23-19(18)25(20)13-16-9-5-2-6-10-16/h1-12,14H,13H2/b12-11+. The van der Waals surface area contributed by atoms with Crippen molar-refractivity contribution in [3.63, 3.8) is 0 Å². The zero-order valence-corrected chi connectivity index (χ0v) is 14.1. The molecule has 122 valence electrons. The zero-order chi connectivity index (χ0) is 17.1. The maximum Gasteiger partial charge on any atom is 0.205 e. The van der Waals surface area contributed by atoms with E-state index in [0.717, 1.165) is 22.5 Å². The van der Waals surface area contributed by atoms with Crippen LogP contribution in [0.15, 0.2) is 67.0 Å². The predicted molar refractivity (Wildman–Crippen MR) is 101 cm³/mol. The number of halogens is 1. The van der Waals surface area contributed by atoms with Gasteiger partial charge in [-0.05, 0) is 28.8 Å². The van der Waals surface area contributed by atoms with Gasteiger partial charge in [-0.1, -0.05) is 66.7 Å². The third-order valence-electron chi connectivity index (χ3n) is 3.93. The molecule has 0 unspecified atom stereocenters. The average Bonchev–Trinajstić information content (AvgIpc) is 2.98. The van der Waals surface area contributed by atoms with Gasteiger partial charge in [-0.15, -0.1) is 0 Å². The summed E-state index contributed by atoms with van der Waals surface area (Å²) in [5, 5.41) is 0.411. The number of hydrogen-bond acceptors (Lipinski definition) is 3. The van der Waals surface area contributed by atoms with Crippen molar-refractivity contribution in [2.45, 2.75) is 6.54 Å². The molecule has 0 N–H and O–H groups in total. The summed E-state index contributed by atoms with van der Waals surface area (Å²) in [6, 6.07) is 20.2. The molecule has 0 saturated carbocycles. The van der Waals surface area contributed by atoms with Crippen molar-refractivity contribution in [2.24, 2.45) is 0 Å². The molecule has 5 heteroatoms. The summed E-state index contributed by atoms with van der Waals surface area (Å²) < 4.78 is 1.90. The van der Waals surface area contributed by atoms with Crippen LogP contribution in [0, 0.1) is 0 Å². The molecule has 0 amide bonds. The minimum atomic E-state index is 0.411. The van der Waals surface area contributed by atoms with Gasteiger partial charge in [0.05, 0.1) is 12.2 Å². The van der Waals surface area contributed by atoms with Crippen LogP contribution in [0.3, 0.4) is 0 Å². The fraction of sp³-hybridized carbons (Fsp3) is 0.0500. The SMILES string of the molecule is Clc1nc2c(/C=C/c3ccccc3)ncnc2n1Cc1ccccc1. The lowest BCUT2D eigenvalue weighted by atomic mass is 10.2. The summed E-state index contributed by atoms with van der Waals surface area (Å²) in [5.74, 6) is 0. The molecule has 2 heterocycles. The Labute approximate surface area is 150 Å². The fourth-order valence-corrected chi connectivity index (χ4v) is 2.92. The van der Waals surface area contributed by atoms with Crippen LogP contribution in [0.5, 0.6) is 0 Å². The Kier molecular flexibility index (Phi) is 4.27. The minimum Gasteiger partial charge on any atom is -0.295 e. The monoisotopic (exact) mass is 346 g/mol. The molecule has 25 heavy (non-hydrogen) atoms. The highest BCUT2D eigenvalue weighted by molar-refractivity contribution is 6.29. The van der Waals surface area contributed by atoms with Gasteiger partial charge in [0.2, 0.25) is 5.28 Å². The van der Waals surface area contributed by atoms with E-state index in [9.17, 15) is 0 Å². The lowest BCUT2D eigenvalue weighted by molar-refractivity contribution is 0.814. The number of benzene rings is 2. The Balaban J connectivity index is 1.73. The smallest absolute Gasteiger partial charge is 0.205 e. The second kappa shape index (κ2) is 6.87. The summed E-state index contributed by atoms with van der Waals surface area (Å²) in [6.45, 7) is 0.620. The van der Waals surface area contributed by atoms with E-state index in [0.29, 0.717) is 17.3 Å². The van der Waals surface area contributed by atoms with Gasteiger partial charge in [-0.3, -0.25) is 4.57 Å². The van der Waals surface area contributed by atoms with E-state index in [1.54, 1.807) is 6.33 Å². The Morgan fingerprint density at radius 2 is 1.60 bits per heavy atom. The largest absolute Gasteiger partial charge is 0.295 e. The Morgan fingerprint density at radius 1 is 0.880 bits per heavy atom. The number of nitrogens with zero attached hydrogens (tertiary/aromatic N) is 4. The highest BCUT2D eigenvalue weighted by atomic mass is 35.5. The van der Waals surface area contributed by atoms with Crippen LogP contribution in [0.4, 0.5) is 0 Å². The van der Waals surface area contributed by atoms with Crippen LogP contribution < -0.4 is 0 Å². The van der Waals surface area contributed by atoms with E-state index in [1.165, 1.54) is 0 Å².